The Bertz CT molecular complexity index is 1200. The number of fused-ring (bicyclic) bond motifs is 1. The summed E-state index contributed by atoms with van der Waals surface area (Å²) in [6.45, 7) is 2.62. The van der Waals surface area contributed by atoms with Gasteiger partial charge < -0.3 is 19.2 Å². The molecule has 1 aromatic heterocycles. The van der Waals surface area contributed by atoms with Gasteiger partial charge >= 0.3 is 6.03 Å². The smallest absolute Gasteiger partial charge is 0.325 e. The Kier molecular flexibility index (Phi) is 5.09. The van der Waals surface area contributed by atoms with Crippen LogP contribution in [0.15, 0.2) is 51.4 Å². The molecule has 2 aromatic carbocycles. The van der Waals surface area contributed by atoms with E-state index in [0.717, 1.165) is 21.4 Å². The average Bonchev–Trinajstić information content (AvgIpc) is 3.23. The molecule has 0 saturated carbocycles. The standard InChI is InChI=1S/C22H19BrN4O5/c1-22(14-5-8-16-17(11-14)31-10-2-9-30-16)20(28)27(21(29)24-22)12-18-25-26-19(32-18)13-3-6-15(23)7-4-13/h3-8,11H,2,9-10,12H2,1H3,(H,24,29)/t22-/m0/s1. The Balaban J connectivity index is 1.37. The quantitative estimate of drug-likeness (QED) is 0.547. The molecule has 0 bridgehead atoms. The van der Waals surface area contributed by atoms with Gasteiger partial charge in [0.1, 0.15) is 12.1 Å². The highest BCUT2D eigenvalue weighted by atomic mass is 79.9. The molecule has 1 fully saturated rings. The maximum absolute atomic E-state index is 13.3. The number of nitrogens with zero attached hydrogens (tertiary/aromatic N) is 3. The fourth-order valence-corrected chi connectivity index (χ4v) is 3.94. The van der Waals surface area contributed by atoms with E-state index >= 15 is 0 Å². The number of ether oxygens (including phenoxy) is 2. The van der Waals surface area contributed by atoms with Gasteiger partial charge in [-0.3, -0.25) is 9.69 Å². The molecule has 10 heteroatoms. The number of halogens is 1. The van der Waals surface area contributed by atoms with Crippen LogP contribution in [0.4, 0.5) is 4.79 Å². The van der Waals surface area contributed by atoms with Gasteiger partial charge in [-0.1, -0.05) is 22.0 Å². The van der Waals surface area contributed by atoms with Crippen LogP contribution in [-0.2, 0) is 16.9 Å². The minimum Gasteiger partial charge on any atom is -0.490 e. The number of aromatic nitrogens is 2. The molecule has 5 rings (SSSR count). The van der Waals surface area contributed by atoms with Crippen LogP contribution in [0.1, 0.15) is 24.8 Å². The van der Waals surface area contributed by atoms with Gasteiger partial charge in [0.25, 0.3) is 5.91 Å². The zero-order chi connectivity index (χ0) is 22.3. The van der Waals surface area contributed by atoms with Crippen molar-refractivity contribution in [1.82, 2.24) is 20.4 Å². The summed E-state index contributed by atoms with van der Waals surface area (Å²) in [4.78, 5) is 27.0. The van der Waals surface area contributed by atoms with Crippen molar-refractivity contribution in [3.05, 3.63) is 58.4 Å². The first-order valence-corrected chi connectivity index (χ1v) is 10.9. The lowest BCUT2D eigenvalue weighted by molar-refractivity contribution is -0.131. The Hall–Kier alpha value is -3.40. The van der Waals surface area contributed by atoms with E-state index < -0.39 is 17.5 Å². The molecule has 164 valence electrons. The molecule has 3 heterocycles. The predicted molar refractivity (Wildman–Crippen MR) is 116 cm³/mol. The third-order valence-corrected chi connectivity index (χ3v) is 5.98. The maximum atomic E-state index is 13.3. The number of nitrogens with one attached hydrogen (secondary N) is 1. The van der Waals surface area contributed by atoms with Crippen molar-refractivity contribution in [2.75, 3.05) is 13.2 Å². The van der Waals surface area contributed by atoms with Crippen LogP contribution in [0.5, 0.6) is 11.5 Å². The molecule has 1 N–H and O–H groups in total. The van der Waals surface area contributed by atoms with Crippen molar-refractivity contribution < 1.29 is 23.5 Å². The van der Waals surface area contributed by atoms with Crippen molar-refractivity contribution in [3.63, 3.8) is 0 Å². The van der Waals surface area contributed by atoms with Crippen molar-refractivity contribution in [2.45, 2.75) is 25.4 Å². The number of benzene rings is 2. The fraction of sp³-hybridized carbons (Fsp3) is 0.273. The summed E-state index contributed by atoms with van der Waals surface area (Å²) in [5.74, 6) is 1.23. The van der Waals surface area contributed by atoms with E-state index in [1.54, 1.807) is 25.1 Å². The predicted octanol–water partition coefficient (Wildman–Crippen LogP) is 3.63. The molecule has 32 heavy (non-hydrogen) atoms. The Labute approximate surface area is 191 Å². The van der Waals surface area contributed by atoms with Crippen LogP contribution < -0.4 is 14.8 Å². The van der Waals surface area contributed by atoms with E-state index in [4.69, 9.17) is 13.9 Å². The number of rotatable bonds is 4. The molecule has 0 aliphatic carbocycles. The summed E-state index contributed by atoms with van der Waals surface area (Å²) in [6.07, 6.45) is 0.775. The third kappa shape index (κ3) is 3.60. The zero-order valence-electron chi connectivity index (χ0n) is 17.1. The Morgan fingerprint density at radius 3 is 2.59 bits per heavy atom. The first kappa shape index (κ1) is 20.5. The maximum Gasteiger partial charge on any atom is 0.325 e. The van der Waals surface area contributed by atoms with Gasteiger partial charge in [0.15, 0.2) is 11.5 Å². The zero-order valence-corrected chi connectivity index (χ0v) is 18.7. The normalized spacial score (nSPS) is 20.2. The Morgan fingerprint density at radius 1 is 1.06 bits per heavy atom. The van der Waals surface area contributed by atoms with E-state index in [9.17, 15) is 9.59 Å². The highest BCUT2D eigenvalue weighted by Crippen LogP contribution is 2.37. The van der Waals surface area contributed by atoms with Crippen LogP contribution in [0.25, 0.3) is 11.5 Å². The number of hydrogen-bond acceptors (Lipinski definition) is 7. The molecule has 0 radical (unpaired) electrons. The number of imide groups is 1. The third-order valence-electron chi connectivity index (χ3n) is 5.45. The number of carbonyl (C=O) groups is 2. The summed E-state index contributed by atoms with van der Waals surface area (Å²) in [6, 6.07) is 12.1. The van der Waals surface area contributed by atoms with Crippen LogP contribution in [0.2, 0.25) is 0 Å². The molecule has 1 atom stereocenters. The van der Waals surface area contributed by atoms with E-state index in [1.165, 1.54) is 0 Å². The Morgan fingerprint density at radius 2 is 1.81 bits per heavy atom. The SMILES string of the molecule is C[C@@]1(c2ccc3c(c2)OCCCO3)NC(=O)N(Cc2nnc(-c3ccc(Br)cc3)o2)C1=O. The summed E-state index contributed by atoms with van der Waals surface area (Å²) in [5.41, 5.74) is 0.0842. The largest absolute Gasteiger partial charge is 0.490 e. The molecule has 1 saturated heterocycles. The van der Waals surface area contributed by atoms with Crippen molar-refractivity contribution in [3.8, 4) is 23.0 Å². The van der Waals surface area contributed by atoms with Crippen molar-refractivity contribution in [1.29, 1.82) is 0 Å². The molecule has 0 spiro atoms. The summed E-state index contributed by atoms with van der Waals surface area (Å²) >= 11 is 3.38. The minimum atomic E-state index is -1.25. The molecule has 2 aliphatic rings. The lowest BCUT2D eigenvalue weighted by Crippen LogP contribution is -2.40. The molecule has 3 aromatic rings. The molecular formula is C22H19BrN4O5. The molecule has 9 nitrogen and oxygen atoms in total. The first-order valence-electron chi connectivity index (χ1n) is 10.1. The van der Waals surface area contributed by atoms with E-state index in [2.05, 4.69) is 31.4 Å². The molecule has 3 amide bonds. The number of carbonyl (C=O) groups excluding carboxylic acids is 2. The second kappa shape index (κ2) is 7.94. The number of urea groups is 1. The van der Waals surface area contributed by atoms with Crippen LogP contribution >= 0.6 is 15.9 Å². The monoisotopic (exact) mass is 498 g/mol. The molecule has 0 unspecified atom stereocenters. The highest BCUT2D eigenvalue weighted by Gasteiger charge is 2.49. The lowest BCUT2D eigenvalue weighted by Gasteiger charge is -2.23. The number of amides is 3. The van der Waals surface area contributed by atoms with Crippen LogP contribution in [0.3, 0.4) is 0 Å². The van der Waals surface area contributed by atoms with E-state index in [0.29, 0.717) is 36.2 Å². The highest BCUT2D eigenvalue weighted by molar-refractivity contribution is 9.10. The first-order chi connectivity index (χ1) is 15.4. The van der Waals surface area contributed by atoms with Crippen molar-refractivity contribution >= 4 is 27.9 Å². The summed E-state index contributed by atoms with van der Waals surface area (Å²) in [5, 5.41) is 10.8. The van der Waals surface area contributed by atoms with Gasteiger partial charge in [-0.2, -0.15) is 0 Å². The summed E-state index contributed by atoms with van der Waals surface area (Å²) < 4.78 is 18.0. The topological polar surface area (TPSA) is 107 Å². The molecule has 2 aliphatic heterocycles. The number of hydrogen-bond donors (Lipinski definition) is 1. The van der Waals surface area contributed by atoms with E-state index in [1.807, 2.05) is 24.3 Å². The van der Waals surface area contributed by atoms with Gasteiger partial charge in [0, 0.05) is 16.5 Å². The van der Waals surface area contributed by atoms with Crippen LogP contribution in [-0.4, -0.2) is 40.2 Å². The van der Waals surface area contributed by atoms with Gasteiger partial charge in [0.2, 0.25) is 11.8 Å². The van der Waals surface area contributed by atoms with E-state index in [-0.39, 0.29) is 12.4 Å². The fourth-order valence-electron chi connectivity index (χ4n) is 3.67. The molecular weight excluding hydrogens is 480 g/mol. The van der Waals surface area contributed by atoms with Gasteiger partial charge in [0.05, 0.1) is 13.2 Å². The second-order valence-corrected chi connectivity index (χ2v) is 8.58. The second-order valence-electron chi connectivity index (χ2n) is 7.67. The van der Waals surface area contributed by atoms with Gasteiger partial charge in [-0.15, -0.1) is 10.2 Å². The van der Waals surface area contributed by atoms with Gasteiger partial charge in [-0.25, -0.2) is 4.79 Å². The van der Waals surface area contributed by atoms with Crippen molar-refractivity contribution in [2.24, 2.45) is 0 Å². The van der Waals surface area contributed by atoms with Gasteiger partial charge in [-0.05, 0) is 48.9 Å². The lowest BCUT2D eigenvalue weighted by atomic mass is 9.91. The average molecular weight is 499 g/mol. The van der Waals surface area contributed by atoms with Crippen LogP contribution in [0, 0.1) is 0 Å². The summed E-state index contributed by atoms with van der Waals surface area (Å²) in [7, 11) is 0. The minimum absolute atomic E-state index is 0.131.